The number of hydrogen-bond donors (Lipinski definition) is 2. The fraction of sp³-hybridized carbons (Fsp3) is 0.474. The van der Waals surface area contributed by atoms with Crippen LogP contribution >= 0.6 is 35.6 Å². The van der Waals surface area contributed by atoms with E-state index in [-0.39, 0.29) is 35.5 Å². The van der Waals surface area contributed by atoms with Crippen molar-refractivity contribution in [2.24, 2.45) is 4.99 Å². The summed E-state index contributed by atoms with van der Waals surface area (Å²) in [5, 5.41) is 7.13. The van der Waals surface area contributed by atoms with Crippen molar-refractivity contribution in [3.05, 3.63) is 52.7 Å². The molecule has 1 unspecified atom stereocenters. The van der Waals surface area contributed by atoms with E-state index in [1.54, 1.807) is 20.4 Å². The summed E-state index contributed by atoms with van der Waals surface area (Å²) in [6.07, 6.45) is 1.63. The summed E-state index contributed by atoms with van der Waals surface area (Å²) in [4.78, 5) is 8.53. The highest BCUT2D eigenvalue weighted by Gasteiger charge is 2.19. The van der Waals surface area contributed by atoms with Crippen LogP contribution in [-0.2, 0) is 16.7 Å². The van der Waals surface area contributed by atoms with Gasteiger partial charge in [-0.1, -0.05) is 44.5 Å². The van der Waals surface area contributed by atoms with Crippen molar-refractivity contribution in [2.75, 3.05) is 20.7 Å². The normalized spacial score (nSPS) is 13.0. The highest BCUT2D eigenvalue weighted by atomic mass is 127. The van der Waals surface area contributed by atoms with Crippen LogP contribution in [0.15, 0.2) is 39.9 Å². The zero-order valence-electron chi connectivity index (χ0n) is 16.4. The van der Waals surface area contributed by atoms with Crippen molar-refractivity contribution < 1.29 is 9.15 Å². The summed E-state index contributed by atoms with van der Waals surface area (Å²) < 4.78 is 11.3. The van der Waals surface area contributed by atoms with Crippen LogP contribution in [0.5, 0.6) is 0 Å². The van der Waals surface area contributed by atoms with Crippen LogP contribution in [0.2, 0.25) is 5.02 Å². The monoisotopic (exact) mass is 506 g/mol. The Morgan fingerprint density at radius 2 is 2.07 bits per heavy atom. The molecule has 1 aromatic carbocycles. The summed E-state index contributed by atoms with van der Waals surface area (Å²) in [6.45, 7) is 7.27. The van der Waals surface area contributed by atoms with E-state index >= 15 is 0 Å². The molecule has 6 nitrogen and oxygen atoms in total. The number of aliphatic imine (C=N–C) groups is 1. The topological polar surface area (TPSA) is 71.7 Å². The molecule has 0 saturated carbocycles. The molecule has 0 bridgehead atoms. The van der Waals surface area contributed by atoms with E-state index in [0.717, 1.165) is 11.3 Å². The van der Waals surface area contributed by atoms with E-state index in [1.807, 2.05) is 24.3 Å². The molecule has 0 radical (unpaired) electrons. The Bertz CT molecular complexity index is 743. The predicted molar refractivity (Wildman–Crippen MR) is 120 cm³/mol. The minimum atomic E-state index is -0.138. The zero-order valence-corrected chi connectivity index (χ0v) is 19.5. The van der Waals surface area contributed by atoms with Crippen LogP contribution in [0.25, 0.3) is 0 Å². The quantitative estimate of drug-likeness (QED) is 0.347. The first-order valence-corrected chi connectivity index (χ1v) is 8.89. The largest absolute Gasteiger partial charge is 0.443 e. The van der Waals surface area contributed by atoms with Gasteiger partial charge in [0.1, 0.15) is 5.76 Å². The molecule has 8 heteroatoms. The lowest BCUT2D eigenvalue weighted by atomic mass is 9.94. The molecule has 0 saturated heterocycles. The van der Waals surface area contributed by atoms with Crippen molar-refractivity contribution >= 4 is 41.5 Å². The molecule has 1 aromatic heterocycles. The third-order valence-electron chi connectivity index (χ3n) is 3.88. The minimum absolute atomic E-state index is 0. The molecule has 0 aliphatic heterocycles. The second-order valence-electron chi connectivity index (χ2n) is 6.95. The lowest BCUT2D eigenvalue weighted by Crippen LogP contribution is -2.39. The van der Waals surface area contributed by atoms with Gasteiger partial charge in [-0.05, 0) is 17.7 Å². The zero-order chi connectivity index (χ0) is 19.2. The lowest BCUT2D eigenvalue weighted by molar-refractivity contribution is 0.106. The first-order valence-electron chi connectivity index (χ1n) is 8.51. The molecule has 2 aromatic rings. The number of guanidine groups is 1. The van der Waals surface area contributed by atoms with Gasteiger partial charge in [-0.15, -0.1) is 24.0 Å². The maximum Gasteiger partial charge on any atom is 0.213 e. The van der Waals surface area contributed by atoms with Crippen molar-refractivity contribution in [1.82, 2.24) is 15.6 Å². The number of ether oxygens (including phenoxy) is 1. The Labute approximate surface area is 183 Å². The second-order valence-corrected chi connectivity index (χ2v) is 7.39. The number of methoxy groups -OCH3 is 1. The Kier molecular flexibility index (Phi) is 9.55. The molecule has 150 valence electrons. The van der Waals surface area contributed by atoms with Crippen LogP contribution in [0.1, 0.15) is 44.1 Å². The molecule has 27 heavy (non-hydrogen) atoms. The van der Waals surface area contributed by atoms with Crippen molar-refractivity contribution in [3.8, 4) is 0 Å². The van der Waals surface area contributed by atoms with Gasteiger partial charge in [0.2, 0.25) is 5.89 Å². The number of nitrogens with one attached hydrogen (secondary N) is 2. The van der Waals surface area contributed by atoms with Gasteiger partial charge in [-0.3, -0.25) is 4.99 Å². The average Bonchev–Trinajstić information content (AvgIpc) is 3.07. The van der Waals surface area contributed by atoms with Gasteiger partial charge in [-0.25, -0.2) is 4.98 Å². The van der Waals surface area contributed by atoms with E-state index in [4.69, 9.17) is 20.8 Å². The molecule has 0 aliphatic carbocycles. The second kappa shape index (κ2) is 10.9. The molecular formula is C19H28ClIN4O2. The highest BCUT2D eigenvalue weighted by molar-refractivity contribution is 14.0. The average molecular weight is 507 g/mol. The van der Waals surface area contributed by atoms with Gasteiger partial charge in [0.15, 0.2) is 5.96 Å². The fourth-order valence-corrected chi connectivity index (χ4v) is 2.55. The molecule has 0 fully saturated rings. The van der Waals surface area contributed by atoms with Crippen LogP contribution in [0, 0.1) is 0 Å². The van der Waals surface area contributed by atoms with Crippen LogP contribution in [-0.4, -0.2) is 31.6 Å². The predicted octanol–water partition coefficient (Wildman–Crippen LogP) is 4.30. The summed E-state index contributed by atoms with van der Waals surface area (Å²) in [5.74, 6) is 2.12. The van der Waals surface area contributed by atoms with Gasteiger partial charge in [0.25, 0.3) is 0 Å². The van der Waals surface area contributed by atoms with E-state index in [0.29, 0.717) is 30.0 Å². The lowest BCUT2D eigenvalue weighted by Gasteiger charge is -2.18. The molecule has 0 amide bonds. The van der Waals surface area contributed by atoms with Gasteiger partial charge >= 0.3 is 0 Å². The number of hydrogen-bond acceptors (Lipinski definition) is 4. The fourth-order valence-electron chi connectivity index (χ4n) is 2.35. The maximum atomic E-state index is 6.06. The van der Waals surface area contributed by atoms with Crippen molar-refractivity contribution in [2.45, 2.75) is 38.8 Å². The third kappa shape index (κ3) is 7.31. The first-order chi connectivity index (χ1) is 12.3. The number of benzene rings is 1. The Balaban J connectivity index is 0.00000364. The minimum Gasteiger partial charge on any atom is -0.443 e. The van der Waals surface area contributed by atoms with E-state index < -0.39 is 0 Å². The highest BCUT2D eigenvalue weighted by Crippen LogP contribution is 2.22. The SMILES string of the molecule is CN=C(NCc1ncc(C(C)(C)C)o1)NCC(OC)c1cccc(Cl)c1.I. The number of aromatic nitrogens is 1. The summed E-state index contributed by atoms with van der Waals surface area (Å²) in [7, 11) is 3.39. The summed E-state index contributed by atoms with van der Waals surface area (Å²) in [6, 6.07) is 7.63. The van der Waals surface area contributed by atoms with Gasteiger partial charge in [0.05, 0.1) is 18.8 Å². The molecule has 1 heterocycles. The molecule has 0 aliphatic rings. The number of nitrogens with zero attached hydrogens (tertiary/aromatic N) is 2. The Morgan fingerprint density at radius 1 is 1.33 bits per heavy atom. The van der Waals surface area contributed by atoms with Gasteiger partial charge < -0.3 is 19.8 Å². The maximum absolute atomic E-state index is 6.06. The van der Waals surface area contributed by atoms with Crippen LogP contribution < -0.4 is 10.6 Å². The van der Waals surface area contributed by atoms with E-state index in [1.165, 1.54) is 0 Å². The van der Waals surface area contributed by atoms with Gasteiger partial charge in [-0.2, -0.15) is 0 Å². The third-order valence-corrected chi connectivity index (χ3v) is 4.12. The van der Waals surface area contributed by atoms with Crippen molar-refractivity contribution in [1.29, 1.82) is 0 Å². The standard InChI is InChI=1S/C19H27ClN4O2.HI/c1-19(2,3)16-11-22-17(26-16)12-24-18(21-4)23-10-15(25-5)13-7-6-8-14(20)9-13;/h6-9,11,15H,10,12H2,1-5H3,(H2,21,23,24);1H. The molecular weight excluding hydrogens is 479 g/mol. The van der Waals surface area contributed by atoms with E-state index in [9.17, 15) is 0 Å². The molecule has 2 rings (SSSR count). The van der Waals surface area contributed by atoms with Gasteiger partial charge in [0, 0.05) is 31.1 Å². The molecule has 2 N–H and O–H groups in total. The number of rotatable bonds is 6. The van der Waals surface area contributed by atoms with Crippen LogP contribution in [0.3, 0.4) is 0 Å². The number of halogens is 2. The summed E-state index contributed by atoms with van der Waals surface area (Å²) >= 11 is 6.06. The Hall–Kier alpha value is -1.32. The van der Waals surface area contributed by atoms with E-state index in [2.05, 4.69) is 41.4 Å². The van der Waals surface area contributed by atoms with Crippen LogP contribution in [0.4, 0.5) is 0 Å². The Morgan fingerprint density at radius 3 is 2.63 bits per heavy atom. The first kappa shape index (κ1) is 23.7. The molecule has 0 spiro atoms. The number of oxazole rings is 1. The molecule has 1 atom stereocenters. The summed E-state index contributed by atoms with van der Waals surface area (Å²) in [5.41, 5.74) is 0.943. The van der Waals surface area contributed by atoms with Crippen molar-refractivity contribution in [3.63, 3.8) is 0 Å². The smallest absolute Gasteiger partial charge is 0.213 e.